The van der Waals surface area contributed by atoms with E-state index in [4.69, 9.17) is 5.11 Å². The number of aromatic nitrogens is 1. The zero-order valence-corrected chi connectivity index (χ0v) is 12.6. The molecular formula is C17H22N2O2. The van der Waals surface area contributed by atoms with E-state index in [2.05, 4.69) is 36.0 Å². The van der Waals surface area contributed by atoms with Crippen molar-refractivity contribution >= 4 is 5.91 Å². The molecule has 1 heterocycles. The molecule has 1 aromatic heterocycles. The quantitative estimate of drug-likeness (QED) is 0.837. The maximum Gasteiger partial charge on any atom is 0.252 e. The molecule has 2 N–H and O–H groups in total. The van der Waals surface area contributed by atoms with Crippen molar-refractivity contribution in [3.8, 4) is 11.8 Å². The van der Waals surface area contributed by atoms with Crippen LogP contribution < -0.4 is 5.32 Å². The van der Waals surface area contributed by atoms with Gasteiger partial charge in [-0.15, -0.1) is 0 Å². The zero-order chi connectivity index (χ0) is 15.3. The predicted molar refractivity (Wildman–Crippen MR) is 81.7 cm³/mol. The van der Waals surface area contributed by atoms with Crippen molar-refractivity contribution < 1.29 is 9.90 Å². The standard InChI is InChI=1S/C17H22N2O2/c1-17(2)8-6-14(11-17)19-16(21)15-7-9-18-12-13(15)5-3-4-10-20/h7,9,12,14,20H,4,6,8,10-11H2,1-2H3,(H,19,21). The number of nitrogens with one attached hydrogen (secondary N) is 1. The van der Waals surface area contributed by atoms with Crippen molar-refractivity contribution in [3.63, 3.8) is 0 Å². The smallest absolute Gasteiger partial charge is 0.252 e. The second-order valence-electron chi connectivity index (χ2n) is 6.27. The Hall–Kier alpha value is -1.86. The van der Waals surface area contributed by atoms with E-state index in [0.29, 0.717) is 23.0 Å². The van der Waals surface area contributed by atoms with Gasteiger partial charge in [0.05, 0.1) is 17.7 Å². The second-order valence-corrected chi connectivity index (χ2v) is 6.27. The number of hydrogen-bond donors (Lipinski definition) is 2. The minimum atomic E-state index is -0.0894. The Morgan fingerprint density at radius 3 is 3.05 bits per heavy atom. The summed E-state index contributed by atoms with van der Waals surface area (Å²) >= 11 is 0. The van der Waals surface area contributed by atoms with Gasteiger partial charge in [-0.05, 0) is 30.7 Å². The minimum absolute atomic E-state index is 0.0198. The Bertz CT molecular complexity index is 570. The van der Waals surface area contributed by atoms with Crippen LogP contribution in [0.3, 0.4) is 0 Å². The molecule has 1 amide bonds. The monoisotopic (exact) mass is 286 g/mol. The Kier molecular flexibility index (Phi) is 4.98. The molecule has 0 saturated heterocycles. The number of rotatable bonds is 3. The predicted octanol–water partition coefficient (Wildman–Crippen LogP) is 2.12. The topological polar surface area (TPSA) is 62.2 Å². The highest BCUT2D eigenvalue weighted by molar-refractivity contribution is 5.96. The van der Waals surface area contributed by atoms with E-state index < -0.39 is 0 Å². The van der Waals surface area contributed by atoms with Crippen LogP contribution in [0.25, 0.3) is 0 Å². The molecule has 1 fully saturated rings. The molecule has 1 unspecified atom stereocenters. The van der Waals surface area contributed by atoms with Crippen LogP contribution in [0.1, 0.15) is 55.5 Å². The summed E-state index contributed by atoms with van der Waals surface area (Å²) in [5.41, 5.74) is 1.47. The molecule has 0 aromatic carbocycles. The van der Waals surface area contributed by atoms with E-state index in [9.17, 15) is 4.79 Å². The van der Waals surface area contributed by atoms with E-state index in [0.717, 1.165) is 19.3 Å². The first-order valence-corrected chi connectivity index (χ1v) is 7.36. The largest absolute Gasteiger partial charge is 0.395 e. The van der Waals surface area contributed by atoms with Crippen molar-refractivity contribution in [2.75, 3.05) is 6.61 Å². The van der Waals surface area contributed by atoms with Gasteiger partial charge in [-0.25, -0.2) is 0 Å². The Morgan fingerprint density at radius 2 is 2.38 bits per heavy atom. The normalized spacial score (nSPS) is 19.7. The number of aliphatic hydroxyl groups excluding tert-OH is 1. The summed E-state index contributed by atoms with van der Waals surface area (Å²) in [5, 5.41) is 11.9. The lowest BCUT2D eigenvalue weighted by atomic mass is 9.92. The maximum absolute atomic E-state index is 12.4. The average Bonchev–Trinajstić information content (AvgIpc) is 2.78. The Morgan fingerprint density at radius 1 is 1.57 bits per heavy atom. The zero-order valence-electron chi connectivity index (χ0n) is 12.6. The van der Waals surface area contributed by atoms with Crippen LogP contribution in [0.15, 0.2) is 18.5 Å². The molecule has 112 valence electrons. The van der Waals surface area contributed by atoms with E-state index >= 15 is 0 Å². The maximum atomic E-state index is 12.4. The van der Waals surface area contributed by atoms with Crippen LogP contribution in [0.5, 0.6) is 0 Å². The summed E-state index contributed by atoms with van der Waals surface area (Å²) in [7, 11) is 0. The van der Waals surface area contributed by atoms with Crippen LogP contribution in [0.4, 0.5) is 0 Å². The van der Waals surface area contributed by atoms with Gasteiger partial charge in [-0.2, -0.15) is 0 Å². The molecule has 1 saturated carbocycles. The van der Waals surface area contributed by atoms with Gasteiger partial charge in [0, 0.05) is 24.9 Å². The van der Waals surface area contributed by atoms with E-state index in [-0.39, 0.29) is 18.6 Å². The van der Waals surface area contributed by atoms with Gasteiger partial charge in [-0.1, -0.05) is 25.7 Å². The SMILES string of the molecule is CC1(C)CCC(NC(=O)c2ccncc2C#CCCO)C1. The molecule has 0 bridgehead atoms. The first-order chi connectivity index (χ1) is 10.0. The molecule has 2 rings (SSSR count). The van der Waals surface area contributed by atoms with Gasteiger partial charge in [0.25, 0.3) is 5.91 Å². The van der Waals surface area contributed by atoms with Crippen LogP contribution in [0.2, 0.25) is 0 Å². The number of pyridine rings is 1. The van der Waals surface area contributed by atoms with Crippen molar-refractivity contribution in [1.29, 1.82) is 0 Å². The third-order valence-electron chi connectivity index (χ3n) is 3.83. The van der Waals surface area contributed by atoms with E-state index in [1.54, 1.807) is 18.5 Å². The summed E-state index contributed by atoms with van der Waals surface area (Å²) in [5.74, 6) is 5.65. The fourth-order valence-corrected chi connectivity index (χ4v) is 2.73. The van der Waals surface area contributed by atoms with Crippen molar-refractivity contribution in [2.24, 2.45) is 5.41 Å². The highest BCUT2D eigenvalue weighted by Gasteiger charge is 2.31. The molecule has 1 aromatic rings. The summed E-state index contributed by atoms with van der Waals surface area (Å²) in [4.78, 5) is 16.4. The van der Waals surface area contributed by atoms with Gasteiger partial charge in [0.1, 0.15) is 0 Å². The van der Waals surface area contributed by atoms with Crippen molar-refractivity contribution in [3.05, 3.63) is 29.6 Å². The van der Waals surface area contributed by atoms with Crippen LogP contribution in [-0.4, -0.2) is 28.6 Å². The summed E-state index contributed by atoms with van der Waals surface area (Å²) in [6.07, 6.45) is 6.76. The minimum Gasteiger partial charge on any atom is -0.395 e. The molecule has 1 aliphatic rings. The van der Waals surface area contributed by atoms with E-state index in [1.807, 2.05) is 0 Å². The van der Waals surface area contributed by atoms with Crippen LogP contribution in [0, 0.1) is 17.3 Å². The highest BCUT2D eigenvalue weighted by Crippen LogP contribution is 2.36. The van der Waals surface area contributed by atoms with Gasteiger partial charge >= 0.3 is 0 Å². The first-order valence-electron chi connectivity index (χ1n) is 7.36. The first kappa shape index (κ1) is 15.5. The molecule has 4 heteroatoms. The Balaban J connectivity index is 2.08. The molecule has 1 atom stereocenters. The molecule has 0 spiro atoms. The number of carbonyl (C=O) groups is 1. The van der Waals surface area contributed by atoms with Gasteiger partial charge < -0.3 is 10.4 Å². The lowest BCUT2D eigenvalue weighted by Gasteiger charge is -2.18. The molecule has 1 aliphatic carbocycles. The number of hydrogen-bond acceptors (Lipinski definition) is 3. The summed E-state index contributed by atoms with van der Waals surface area (Å²) in [6, 6.07) is 1.93. The lowest BCUT2D eigenvalue weighted by molar-refractivity contribution is 0.0935. The van der Waals surface area contributed by atoms with Gasteiger partial charge in [-0.3, -0.25) is 9.78 Å². The number of carbonyl (C=O) groups excluding carboxylic acids is 1. The van der Waals surface area contributed by atoms with Crippen molar-refractivity contribution in [2.45, 2.75) is 45.6 Å². The number of nitrogens with zero attached hydrogens (tertiary/aromatic N) is 1. The Labute approximate surface area is 126 Å². The summed E-state index contributed by atoms with van der Waals surface area (Å²) < 4.78 is 0. The summed E-state index contributed by atoms with van der Waals surface area (Å²) in [6.45, 7) is 4.49. The molecule has 4 nitrogen and oxygen atoms in total. The number of aliphatic hydroxyl groups is 1. The average molecular weight is 286 g/mol. The van der Waals surface area contributed by atoms with Crippen LogP contribution >= 0.6 is 0 Å². The van der Waals surface area contributed by atoms with E-state index in [1.165, 1.54) is 0 Å². The molecular weight excluding hydrogens is 264 g/mol. The van der Waals surface area contributed by atoms with Crippen molar-refractivity contribution in [1.82, 2.24) is 10.3 Å². The lowest BCUT2D eigenvalue weighted by Crippen LogP contribution is -2.34. The third kappa shape index (κ3) is 4.30. The molecule has 0 radical (unpaired) electrons. The highest BCUT2D eigenvalue weighted by atomic mass is 16.2. The fourth-order valence-electron chi connectivity index (χ4n) is 2.73. The molecule has 21 heavy (non-hydrogen) atoms. The van der Waals surface area contributed by atoms with Gasteiger partial charge in [0.2, 0.25) is 0 Å². The van der Waals surface area contributed by atoms with Crippen LogP contribution in [-0.2, 0) is 0 Å². The molecule has 0 aliphatic heterocycles. The second kappa shape index (κ2) is 6.73. The third-order valence-corrected chi connectivity index (χ3v) is 3.83. The van der Waals surface area contributed by atoms with Gasteiger partial charge in [0.15, 0.2) is 0 Å². The fraction of sp³-hybridized carbons (Fsp3) is 0.529. The number of amides is 1.